The molecule has 14 nitrogen and oxygen atoms in total. The zero-order valence-electron chi connectivity index (χ0n) is 31.5. The Hall–Kier alpha value is -5.75. The van der Waals surface area contributed by atoms with E-state index < -0.39 is 76.7 Å². The fraction of sp³-hybridized carbons (Fsp3) is 0.359. The zero-order chi connectivity index (χ0) is 43.4. The molecule has 2 amide bonds. The summed E-state index contributed by atoms with van der Waals surface area (Å²) >= 11 is 11.8. The SMILES string of the molecule is CCCCCOC(=O)COc1cc(N2C(=O)C3=C(CCCC3)C2=O)c(F)cc1Cl.CCOC(=O)COC(=O)c1cc(Oc2ccc(C(F)(F)F)cc2Cl)ccc1[N+](=O)[O-]. The number of nitro groups is 1. The number of esters is 3. The third kappa shape index (κ3) is 12.1. The Kier molecular flexibility index (Phi) is 16.2. The highest BCUT2D eigenvalue weighted by atomic mass is 35.5. The van der Waals surface area contributed by atoms with Crippen LogP contribution in [0.4, 0.5) is 28.9 Å². The number of unbranched alkanes of at least 4 members (excludes halogenated alkanes) is 2. The molecule has 2 aliphatic rings. The number of imide groups is 1. The van der Waals surface area contributed by atoms with Gasteiger partial charge in [0.1, 0.15) is 28.6 Å². The first kappa shape index (κ1) is 45.9. The second-order valence-electron chi connectivity index (χ2n) is 12.6. The van der Waals surface area contributed by atoms with E-state index in [4.69, 9.17) is 42.1 Å². The van der Waals surface area contributed by atoms with Crippen LogP contribution in [0, 0.1) is 15.9 Å². The largest absolute Gasteiger partial charge is 0.480 e. The quantitative estimate of drug-likeness (QED) is 0.0270. The van der Waals surface area contributed by atoms with Crippen LogP contribution in [-0.4, -0.2) is 61.1 Å². The minimum absolute atomic E-state index is 0.000883. The standard InChI is InChI=1S/C21H23ClFNO5.C18H13ClF3NO7/c1-2-3-6-9-28-19(25)12-29-18-11-17(16(23)10-15(18)22)24-20(26)13-7-4-5-8-14(13)21(24)27;1-2-28-16(24)9-29-17(25)12-8-11(4-5-14(12)23(26)27)30-15-6-3-10(7-13(15)19)18(20,21)22/h10-11H,2-9,12H2,1H3;3-8H,2,9H2,1H3. The second kappa shape index (κ2) is 20.8. The van der Waals surface area contributed by atoms with Crippen LogP contribution < -0.4 is 14.4 Å². The van der Waals surface area contributed by atoms with E-state index in [1.807, 2.05) is 6.92 Å². The highest BCUT2D eigenvalue weighted by molar-refractivity contribution is 6.34. The number of benzene rings is 3. The van der Waals surface area contributed by atoms with Crippen molar-refractivity contribution in [2.24, 2.45) is 0 Å². The number of anilines is 1. The van der Waals surface area contributed by atoms with E-state index in [-0.39, 0.29) is 39.6 Å². The van der Waals surface area contributed by atoms with Gasteiger partial charge in [-0.2, -0.15) is 13.2 Å². The van der Waals surface area contributed by atoms with Gasteiger partial charge in [0.15, 0.2) is 13.2 Å². The smallest absolute Gasteiger partial charge is 0.416 e. The predicted molar refractivity (Wildman–Crippen MR) is 202 cm³/mol. The lowest BCUT2D eigenvalue weighted by Crippen LogP contribution is -2.32. The van der Waals surface area contributed by atoms with E-state index in [9.17, 15) is 51.6 Å². The number of rotatable bonds is 15. The van der Waals surface area contributed by atoms with Crippen molar-refractivity contribution in [3.63, 3.8) is 0 Å². The Balaban J connectivity index is 0.000000261. The van der Waals surface area contributed by atoms with Gasteiger partial charge in [-0.25, -0.2) is 23.7 Å². The fourth-order valence-electron chi connectivity index (χ4n) is 5.67. The van der Waals surface area contributed by atoms with Gasteiger partial charge in [0.2, 0.25) is 0 Å². The molecular formula is C39H36Cl2F4N2O12. The van der Waals surface area contributed by atoms with Crippen molar-refractivity contribution < 1.29 is 70.1 Å². The summed E-state index contributed by atoms with van der Waals surface area (Å²) < 4.78 is 77.7. The van der Waals surface area contributed by atoms with Crippen molar-refractivity contribution in [1.29, 1.82) is 0 Å². The van der Waals surface area contributed by atoms with E-state index in [2.05, 4.69) is 4.74 Å². The monoisotopic (exact) mass is 870 g/mol. The Morgan fingerprint density at radius 1 is 0.831 bits per heavy atom. The summed E-state index contributed by atoms with van der Waals surface area (Å²) in [5.41, 5.74) is -1.49. The lowest BCUT2D eigenvalue weighted by Gasteiger charge is -2.18. The molecule has 316 valence electrons. The van der Waals surface area contributed by atoms with Gasteiger partial charge in [0.05, 0.1) is 39.4 Å². The molecule has 0 N–H and O–H groups in total. The molecule has 3 aromatic rings. The van der Waals surface area contributed by atoms with Crippen LogP contribution in [0.25, 0.3) is 0 Å². The Labute approximate surface area is 344 Å². The molecule has 1 aliphatic heterocycles. The first-order valence-electron chi connectivity index (χ1n) is 18.0. The van der Waals surface area contributed by atoms with E-state index in [0.29, 0.717) is 36.7 Å². The van der Waals surface area contributed by atoms with Gasteiger partial charge in [-0.05, 0) is 69.4 Å². The molecule has 0 spiro atoms. The van der Waals surface area contributed by atoms with Crippen LogP contribution in [0.3, 0.4) is 0 Å². The van der Waals surface area contributed by atoms with Crippen LogP contribution in [-0.2, 0) is 39.6 Å². The lowest BCUT2D eigenvalue weighted by molar-refractivity contribution is -0.385. The average Bonchev–Trinajstić information content (AvgIpc) is 3.44. The molecule has 0 saturated heterocycles. The topological polar surface area (TPSA) is 178 Å². The third-order valence-electron chi connectivity index (χ3n) is 8.49. The molecule has 5 rings (SSSR count). The number of carbonyl (C=O) groups is 5. The van der Waals surface area contributed by atoms with Gasteiger partial charge < -0.3 is 23.7 Å². The summed E-state index contributed by atoms with van der Waals surface area (Å²) in [7, 11) is 0. The van der Waals surface area contributed by atoms with Crippen molar-refractivity contribution in [2.45, 2.75) is 65.0 Å². The van der Waals surface area contributed by atoms with Crippen molar-refractivity contribution in [2.75, 3.05) is 31.3 Å². The molecule has 0 fully saturated rings. The number of halogens is 6. The van der Waals surface area contributed by atoms with Crippen LogP contribution in [0.2, 0.25) is 10.0 Å². The molecule has 0 aromatic heterocycles. The Morgan fingerprint density at radius 2 is 1.47 bits per heavy atom. The number of nitrogens with zero attached hydrogens (tertiary/aromatic N) is 2. The first-order valence-corrected chi connectivity index (χ1v) is 18.8. The second-order valence-corrected chi connectivity index (χ2v) is 13.4. The summed E-state index contributed by atoms with van der Waals surface area (Å²) in [5.74, 6) is -4.76. The average molecular weight is 872 g/mol. The number of hydrogen-bond acceptors (Lipinski definition) is 12. The number of amides is 2. The molecule has 59 heavy (non-hydrogen) atoms. The van der Waals surface area contributed by atoms with Gasteiger partial charge in [-0.1, -0.05) is 43.0 Å². The highest BCUT2D eigenvalue weighted by Crippen LogP contribution is 2.40. The molecule has 0 unspecified atom stereocenters. The summed E-state index contributed by atoms with van der Waals surface area (Å²) in [4.78, 5) is 71.7. The van der Waals surface area contributed by atoms with E-state index >= 15 is 0 Å². The van der Waals surface area contributed by atoms with Crippen molar-refractivity contribution in [3.05, 3.63) is 96.8 Å². The van der Waals surface area contributed by atoms with E-state index in [1.165, 1.54) is 13.0 Å². The summed E-state index contributed by atoms with van der Waals surface area (Å²) in [6.45, 7) is 2.76. The number of carbonyl (C=O) groups excluding carboxylic acids is 5. The predicted octanol–water partition coefficient (Wildman–Crippen LogP) is 9.11. The van der Waals surface area contributed by atoms with Crippen molar-refractivity contribution in [1.82, 2.24) is 0 Å². The maximum Gasteiger partial charge on any atom is 0.416 e. The summed E-state index contributed by atoms with van der Waals surface area (Å²) in [5, 5.41) is 10.7. The van der Waals surface area contributed by atoms with Crippen molar-refractivity contribution in [3.8, 4) is 17.2 Å². The van der Waals surface area contributed by atoms with Crippen LogP contribution in [0.1, 0.15) is 74.7 Å². The molecule has 20 heteroatoms. The van der Waals surface area contributed by atoms with Gasteiger partial charge in [0.25, 0.3) is 17.5 Å². The van der Waals surface area contributed by atoms with Crippen molar-refractivity contribution >= 4 is 64.3 Å². The molecule has 1 heterocycles. The summed E-state index contributed by atoms with van der Waals surface area (Å²) in [6, 6.07) is 7.50. The van der Waals surface area contributed by atoms with Gasteiger partial charge in [-0.3, -0.25) is 19.7 Å². The van der Waals surface area contributed by atoms with Crippen LogP contribution in [0.5, 0.6) is 17.2 Å². The molecule has 3 aromatic carbocycles. The third-order valence-corrected chi connectivity index (χ3v) is 9.08. The van der Waals surface area contributed by atoms with Gasteiger partial charge in [-0.15, -0.1) is 0 Å². The normalized spacial score (nSPS) is 13.6. The lowest BCUT2D eigenvalue weighted by atomic mass is 9.93. The maximum absolute atomic E-state index is 14.5. The first-order chi connectivity index (χ1) is 28.0. The Bertz CT molecular complexity index is 2120. The molecule has 0 radical (unpaired) electrons. The van der Waals surface area contributed by atoms with Crippen LogP contribution in [0.15, 0.2) is 59.7 Å². The highest BCUT2D eigenvalue weighted by Gasteiger charge is 2.41. The number of ether oxygens (including phenoxy) is 5. The molecule has 0 bridgehead atoms. The number of nitro benzene ring substituents is 1. The van der Waals surface area contributed by atoms with Crippen LogP contribution >= 0.6 is 23.2 Å². The van der Waals surface area contributed by atoms with Gasteiger partial charge in [0, 0.05) is 29.3 Å². The Morgan fingerprint density at radius 3 is 2.07 bits per heavy atom. The van der Waals surface area contributed by atoms with Gasteiger partial charge >= 0.3 is 24.1 Å². The summed E-state index contributed by atoms with van der Waals surface area (Å²) in [6.07, 6.45) is 0.794. The zero-order valence-corrected chi connectivity index (χ0v) is 33.0. The molecule has 0 saturated carbocycles. The molecular weight excluding hydrogens is 835 g/mol. The molecule has 1 aliphatic carbocycles. The number of hydrogen-bond donors (Lipinski definition) is 0. The number of alkyl halides is 3. The minimum atomic E-state index is -4.61. The van der Waals surface area contributed by atoms with E-state index in [1.54, 1.807) is 0 Å². The van der Waals surface area contributed by atoms with E-state index in [0.717, 1.165) is 73.4 Å². The molecule has 0 atom stereocenters. The minimum Gasteiger partial charge on any atom is -0.480 e. The fourth-order valence-corrected chi connectivity index (χ4v) is 6.09. The maximum atomic E-state index is 14.5.